The fourth-order valence-corrected chi connectivity index (χ4v) is 2.82. The Morgan fingerprint density at radius 2 is 1.90 bits per heavy atom. The van der Waals surface area contributed by atoms with Gasteiger partial charge in [-0.25, -0.2) is 0 Å². The first-order valence-corrected chi connectivity index (χ1v) is 8.91. The first kappa shape index (κ1) is 19.6. The van der Waals surface area contributed by atoms with E-state index in [1.165, 1.54) is 24.5 Å². The number of benzene rings is 2. The van der Waals surface area contributed by atoms with Crippen LogP contribution in [-0.2, 0) is 0 Å². The molecule has 0 spiro atoms. The number of carbonyl (C=O) groups excluding carboxylic acids is 1. The van der Waals surface area contributed by atoms with Gasteiger partial charge in [0.05, 0.1) is 11.8 Å². The van der Waals surface area contributed by atoms with Gasteiger partial charge in [-0.15, -0.1) is 10.2 Å². The van der Waals surface area contributed by atoms with Gasteiger partial charge in [-0.2, -0.15) is 8.78 Å². The van der Waals surface area contributed by atoms with Crippen LogP contribution in [0.1, 0.15) is 10.4 Å². The molecule has 0 unspecified atom stereocenters. The van der Waals surface area contributed by atoms with Crippen molar-refractivity contribution in [1.82, 2.24) is 10.2 Å². The van der Waals surface area contributed by atoms with Gasteiger partial charge in [-0.3, -0.25) is 4.79 Å². The van der Waals surface area contributed by atoms with Crippen LogP contribution in [0.2, 0.25) is 5.02 Å². The van der Waals surface area contributed by atoms with Crippen LogP contribution in [0.4, 0.5) is 14.5 Å². The number of nitrogens with zero attached hydrogens (tertiary/aromatic N) is 2. The van der Waals surface area contributed by atoms with Crippen LogP contribution < -0.4 is 10.1 Å². The smallest absolute Gasteiger partial charge is 0.387 e. The third kappa shape index (κ3) is 4.31. The van der Waals surface area contributed by atoms with Crippen molar-refractivity contribution in [3.63, 3.8) is 0 Å². The van der Waals surface area contributed by atoms with Crippen molar-refractivity contribution in [2.45, 2.75) is 6.61 Å². The van der Waals surface area contributed by atoms with E-state index in [0.29, 0.717) is 17.0 Å². The fourth-order valence-electron chi connectivity index (χ4n) is 2.65. The predicted octanol–water partition coefficient (Wildman–Crippen LogP) is 5.50. The maximum absolute atomic E-state index is 12.6. The molecule has 1 amide bonds. The van der Waals surface area contributed by atoms with Crippen molar-refractivity contribution in [3.05, 3.63) is 71.4 Å². The summed E-state index contributed by atoms with van der Waals surface area (Å²) in [6.07, 6.45) is 1.48. The molecule has 152 valence electrons. The van der Waals surface area contributed by atoms with E-state index in [-0.39, 0.29) is 28.1 Å². The summed E-state index contributed by atoms with van der Waals surface area (Å²) in [6, 6.07) is 13.7. The molecule has 30 heavy (non-hydrogen) atoms. The first-order valence-electron chi connectivity index (χ1n) is 8.53. The maximum Gasteiger partial charge on any atom is 0.387 e. The van der Waals surface area contributed by atoms with E-state index in [4.69, 9.17) is 20.4 Å². The summed E-state index contributed by atoms with van der Waals surface area (Å²) in [5.74, 6) is -0.125. The molecule has 0 radical (unpaired) electrons. The van der Waals surface area contributed by atoms with E-state index >= 15 is 0 Å². The van der Waals surface area contributed by atoms with Crippen LogP contribution in [0, 0.1) is 0 Å². The third-order valence-electron chi connectivity index (χ3n) is 3.93. The number of ether oxygens (including phenoxy) is 1. The Morgan fingerprint density at radius 3 is 2.67 bits per heavy atom. The molecule has 0 atom stereocenters. The number of alkyl halides is 2. The number of hydrogen-bond acceptors (Lipinski definition) is 6. The van der Waals surface area contributed by atoms with E-state index in [9.17, 15) is 13.6 Å². The van der Waals surface area contributed by atoms with E-state index in [1.54, 1.807) is 36.4 Å². The van der Waals surface area contributed by atoms with Gasteiger partial charge in [0, 0.05) is 16.3 Å². The van der Waals surface area contributed by atoms with Crippen molar-refractivity contribution >= 4 is 23.2 Å². The minimum Gasteiger partial charge on any atom is -0.459 e. The van der Waals surface area contributed by atoms with E-state index in [0.717, 1.165) is 0 Å². The Balaban J connectivity index is 1.57. The monoisotopic (exact) mass is 431 g/mol. The largest absolute Gasteiger partial charge is 0.459 e. The zero-order valence-corrected chi connectivity index (χ0v) is 15.8. The van der Waals surface area contributed by atoms with Crippen LogP contribution in [0.15, 0.2) is 69.7 Å². The highest BCUT2D eigenvalue weighted by atomic mass is 35.5. The number of furan rings is 1. The molecular formula is C20H12ClF2N3O4. The van der Waals surface area contributed by atoms with Crippen molar-refractivity contribution in [2.75, 3.05) is 5.32 Å². The zero-order valence-electron chi connectivity index (χ0n) is 15.0. The zero-order chi connectivity index (χ0) is 21.1. The molecule has 1 N–H and O–H groups in total. The maximum atomic E-state index is 12.6. The van der Waals surface area contributed by atoms with Gasteiger partial charge in [0.15, 0.2) is 5.76 Å². The van der Waals surface area contributed by atoms with E-state index in [2.05, 4.69) is 20.3 Å². The highest BCUT2D eigenvalue weighted by Crippen LogP contribution is 2.28. The standard InChI is InChI=1S/C20H12ClF2N3O4/c21-12-6-7-15(29-20(22)23)14(10-12)17(27)24-13-4-1-3-11(9-13)18-25-26-19(30-18)16-5-2-8-28-16/h1-10,20H,(H,24,27). The molecule has 0 aliphatic carbocycles. The normalized spacial score (nSPS) is 10.9. The number of halogens is 3. The summed E-state index contributed by atoms with van der Waals surface area (Å²) in [7, 11) is 0. The Morgan fingerprint density at radius 1 is 1.07 bits per heavy atom. The Kier molecular flexibility index (Phi) is 5.44. The molecule has 2 aromatic carbocycles. The molecule has 4 rings (SSSR count). The summed E-state index contributed by atoms with van der Waals surface area (Å²) in [5, 5.41) is 10.7. The summed E-state index contributed by atoms with van der Waals surface area (Å²) in [4.78, 5) is 12.6. The molecular weight excluding hydrogens is 420 g/mol. The van der Waals surface area contributed by atoms with Gasteiger partial charge in [0.2, 0.25) is 5.89 Å². The predicted molar refractivity (Wildman–Crippen MR) is 103 cm³/mol. The van der Waals surface area contributed by atoms with Crippen molar-refractivity contribution in [3.8, 4) is 28.9 Å². The number of nitrogens with one attached hydrogen (secondary N) is 1. The summed E-state index contributed by atoms with van der Waals surface area (Å²) in [5.41, 5.74) is 0.776. The van der Waals surface area contributed by atoms with Gasteiger partial charge in [-0.05, 0) is 48.5 Å². The highest BCUT2D eigenvalue weighted by molar-refractivity contribution is 6.31. The first-order chi connectivity index (χ1) is 14.5. The molecule has 10 heteroatoms. The Bertz CT molecular complexity index is 1180. The highest BCUT2D eigenvalue weighted by Gasteiger charge is 2.18. The van der Waals surface area contributed by atoms with Crippen molar-refractivity contribution in [1.29, 1.82) is 0 Å². The van der Waals surface area contributed by atoms with E-state index < -0.39 is 12.5 Å². The molecule has 0 saturated heterocycles. The summed E-state index contributed by atoms with van der Waals surface area (Å²) < 4.78 is 40.4. The number of hydrogen-bond donors (Lipinski definition) is 1. The molecule has 0 bridgehead atoms. The molecule has 0 aliphatic heterocycles. The van der Waals surface area contributed by atoms with E-state index in [1.807, 2.05) is 0 Å². The van der Waals surface area contributed by atoms with Crippen molar-refractivity contribution in [2.24, 2.45) is 0 Å². The average Bonchev–Trinajstić information content (AvgIpc) is 3.41. The van der Waals surface area contributed by atoms with Crippen molar-refractivity contribution < 1.29 is 27.1 Å². The second-order valence-corrected chi connectivity index (χ2v) is 6.38. The molecule has 2 aromatic heterocycles. The van der Waals surface area contributed by atoms with Gasteiger partial charge < -0.3 is 18.9 Å². The third-order valence-corrected chi connectivity index (χ3v) is 4.16. The molecule has 7 nitrogen and oxygen atoms in total. The van der Waals surface area contributed by atoms with Gasteiger partial charge >= 0.3 is 6.61 Å². The fraction of sp³-hybridized carbons (Fsp3) is 0.0500. The Hall–Kier alpha value is -3.72. The summed E-state index contributed by atoms with van der Waals surface area (Å²) >= 11 is 5.89. The second kappa shape index (κ2) is 8.34. The Labute approximate surface area is 173 Å². The van der Waals surface area contributed by atoms with Crippen LogP contribution in [0.3, 0.4) is 0 Å². The molecule has 0 fully saturated rings. The van der Waals surface area contributed by atoms with Gasteiger partial charge in [0.1, 0.15) is 5.75 Å². The molecule has 4 aromatic rings. The number of carbonyl (C=O) groups is 1. The average molecular weight is 432 g/mol. The topological polar surface area (TPSA) is 90.4 Å². The van der Waals surface area contributed by atoms with Gasteiger partial charge in [0.25, 0.3) is 11.8 Å². The van der Waals surface area contributed by atoms with Crippen LogP contribution in [-0.4, -0.2) is 22.7 Å². The number of rotatable bonds is 6. The summed E-state index contributed by atoms with van der Waals surface area (Å²) in [6.45, 7) is -3.08. The van der Waals surface area contributed by atoms with Crippen LogP contribution in [0.25, 0.3) is 23.1 Å². The SMILES string of the molecule is O=C(Nc1cccc(-c2nnc(-c3ccco3)o2)c1)c1cc(Cl)ccc1OC(F)F. The number of anilines is 1. The lowest BCUT2D eigenvalue weighted by Gasteiger charge is -2.12. The van der Waals surface area contributed by atoms with Crippen LogP contribution in [0.5, 0.6) is 5.75 Å². The van der Waals surface area contributed by atoms with Gasteiger partial charge in [-0.1, -0.05) is 17.7 Å². The molecule has 0 aliphatic rings. The lowest BCUT2D eigenvalue weighted by molar-refractivity contribution is -0.0501. The lowest BCUT2D eigenvalue weighted by Crippen LogP contribution is -2.15. The molecule has 2 heterocycles. The minimum absolute atomic E-state index is 0.133. The quantitative estimate of drug-likeness (QED) is 0.433. The van der Waals surface area contributed by atoms with Crippen LogP contribution >= 0.6 is 11.6 Å². The molecule has 0 saturated carbocycles. The number of aromatic nitrogens is 2. The minimum atomic E-state index is -3.08. The number of amides is 1. The lowest BCUT2D eigenvalue weighted by atomic mass is 10.1. The second-order valence-electron chi connectivity index (χ2n) is 5.94.